The second-order valence-corrected chi connectivity index (χ2v) is 8.67. The fraction of sp³-hybridized carbons (Fsp3) is 0.500. The summed E-state index contributed by atoms with van der Waals surface area (Å²) < 4.78 is -0.525. The van der Waals surface area contributed by atoms with Crippen molar-refractivity contribution in [2.75, 3.05) is 28.2 Å². The van der Waals surface area contributed by atoms with Crippen LogP contribution in [0.5, 0.6) is 5.75 Å². The molecule has 0 fully saturated rings. The summed E-state index contributed by atoms with van der Waals surface area (Å²) in [6.07, 6.45) is 11.4. The molecule has 1 aliphatic carbocycles. The maximum Gasteiger partial charge on any atom is 0.324 e. The smallest absolute Gasteiger partial charge is 0.324 e. The molecule has 0 unspecified atom stereocenters. The number of nitrogens with zero attached hydrogens (tertiary/aromatic N) is 5. The number of hydrogen-bond donors (Lipinski definition) is 1. The first-order valence-electron chi connectivity index (χ1n) is 10.2. The Hall–Kier alpha value is -3.46. The molecule has 34 heavy (non-hydrogen) atoms. The molecule has 1 aromatic rings. The van der Waals surface area contributed by atoms with Gasteiger partial charge in [0, 0.05) is 25.7 Å². The van der Waals surface area contributed by atoms with Crippen LogP contribution in [0.2, 0.25) is 0 Å². The summed E-state index contributed by atoms with van der Waals surface area (Å²) in [5, 5.41) is 64.1. The van der Waals surface area contributed by atoms with E-state index in [1.807, 2.05) is 0 Å². The van der Waals surface area contributed by atoms with Gasteiger partial charge in [0.2, 0.25) is 0 Å². The van der Waals surface area contributed by atoms with Gasteiger partial charge in [-0.25, -0.2) is 0 Å². The highest BCUT2D eigenvalue weighted by Gasteiger charge is 2.30. The summed E-state index contributed by atoms with van der Waals surface area (Å²) in [5.74, 6) is -1.21. The summed E-state index contributed by atoms with van der Waals surface area (Å²) in [7, 11) is 6.77. The highest BCUT2D eigenvalue weighted by molar-refractivity contribution is 5.64. The molecular weight excluding hydrogens is 454 g/mol. The topological polar surface area (TPSA) is 196 Å². The van der Waals surface area contributed by atoms with Crippen molar-refractivity contribution < 1.29 is 29.2 Å². The minimum Gasteiger partial charge on any atom is -0.633 e. The molecule has 2 rings (SSSR count). The number of benzene rings is 1. The van der Waals surface area contributed by atoms with Gasteiger partial charge < -0.3 is 24.8 Å². The third-order valence-electron chi connectivity index (χ3n) is 5.38. The first-order valence-corrected chi connectivity index (χ1v) is 10.2. The highest BCUT2D eigenvalue weighted by atomic mass is 16.6. The van der Waals surface area contributed by atoms with Crippen molar-refractivity contribution in [3.05, 3.63) is 77.2 Å². The summed E-state index contributed by atoms with van der Waals surface area (Å²) in [5.41, 5.74) is -3.00. The lowest BCUT2D eigenvalue weighted by Crippen LogP contribution is -2.44. The summed E-state index contributed by atoms with van der Waals surface area (Å²) in [6.45, 7) is 0. The minimum absolute atomic E-state index is 0.0730. The van der Waals surface area contributed by atoms with Gasteiger partial charge in [-0.05, 0) is 0 Å². The molecular formula is C20H29N5O9. The van der Waals surface area contributed by atoms with Crippen molar-refractivity contribution in [1.82, 2.24) is 0 Å². The van der Waals surface area contributed by atoms with Gasteiger partial charge in [0.1, 0.15) is 0 Å². The Morgan fingerprint density at radius 2 is 1.00 bits per heavy atom. The molecule has 188 valence electrons. The number of phenols is 1. The van der Waals surface area contributed by atoms with Crippen molar-refractivity contribution >= 4 is 17.1 Å². The van der Waals surface area contributed by atoms with Gasteiger partial charge in [0.15, 0.2) is 0 Å². The number of nitro benzene ring substituents is 3. The van der Waals surface area contributed by atoms with Crippen molar-refractivity contribution in [2.24, 2.45) is 0 Å². The van der Waals surface area contributed by atoms with E-state index in [2.05, 4.69) is 24.3 Å². The maximum atomic E-state index is 12.0. The van der Waals surface area contributed by atoms with Crippen LogP contribution in [0.3, 0.4) is 0 Å². The van der Waals surface area contributed by atoms with Gasteiger partial charge in [-0.15, -0.1) is 0 Å². The molecule has 0 amide bonds. The molecule has 1 aromatic carbocycles. The largest absolute Gasteiger partial charge is 0.633 e. The summed E-state index contributed by atoms with van der Waals surface area (Å²) in [6, 6.07) is 1.04. The zero-order chi connectivity index (χ0) is 26.3. The Morgan fingerprint density at radius 3 is 1.21 bits per heavy atom. The SMILES string of the molecule is C[N+](C)([O-])C1C/C=C\CC([N+](C)(C)[O-])C/C=C\C1.O=[N+]([O-])c1cc([N+](=O)[O-])c(O)c([N+](=O)[O-])c1. The van der Waals surface area contributed by atoms with E-state index in [1.165, 1.54) is 0 Å². The number of non-ortho nitro benzene ring substituents is 1. The molecule has 0 aliphatic heterocycles. The zero-order valence-corrected chi connectivity index (χ0v) is 19.4. The van der Waals surface area contributed by atoms with Crippen molar-refractivity contribution in [2.45, 2.75) is 37.8 Å². The number of nitro groups is 3. The van der Waals surface area contributed by atoms with Crippen LogP contribution in [-0.2, 0) is 0 Å². The van der Waals surface area contributed by atoms with Gasteiger partial charge in [-0.1, -0.05) is 24.3 Å². The number of rotatable bonds is 5. The highest BCUT2D eigenvalue weighted by Crippen LogP contribution is 2.38. The molecule has 1 N–H and O–H groups in total. The van der Waals surface area contributed by atoms with Crippen LogP contribution >= 0.6 is 0 Å². The molecule has 1 aliphatic rings. The van der Waals surface area contributed by atoms with Crippen LogP contribution in [0.1, 0.15) is 25.7 Å². The lowest BCUT2D eigenvalue weighted by atomic mass is 10.0. The molecule has 0 radical (unpaired) electrons. The lowest BCUT2D eigenvalue weighted by Gasteiger charge is -2.42. The van der Waals surface area contributed by atoms with Gasteiger partial charge >= 0.3 is 11.4 Å². The summed E-state index contributed by atoms with van der Waals surface area (Å²) >= 11 is 0. The lowest BCUT2D eigenvalue weighted by molar-refractivity contribution is -0.866. The van der Waals surface area contributed by atoms with Crippen LogP contribution in [-0.4, -0.2) is 69.4 Å². The van der Waals surface area contributed by atoms with E-state index >= 15 is 0 Å². The molecule has 0 heterocycles. The number of hydroxylamine groups is 6. The molecule has 14 nitrogen and oxygen atoms in total. The second-order valence-electron chi connectivity index (χ2n) is 8.67. The first-order chi connectivity index (χ1) is 15.6. The Balaban J connectivity index is 0.000000342. The Labute approximate surface area is 195 Å². The van der Waals surface area contributed by atoms with Gasteiger partial charge in [-0.2, -0.15) is 0 Å². The average molecular weight is 483 g/mol. The van der Waals surface area contributed by atoms with E-state index in [0.29, 0.717) is 12.1 Å². The fourth-order valence-electron chi connectivity index (χ4n) is 3.19. The van der Waals surface area contributed by atoms with E-state index in [9.17, 15) is 40.8 Å². The fourth-order valence-corrected chi connectivity index (χ4v) is 3.19. The molecule has 0 saturated carbocycles. The molecule has 0 saturated heterocycles. The predicted octanol–water partition coefficient (Wildman–Crippen LogP) is 3.68. The maximum absolute atomic E-state index is 12.0. The van der Waals surface area contributed by atoms with Crippen molar-refractivity contribution in [1.29, 1.82) is 0 Å². The standard InChI is InChI=1S/C14H26N2O2.C6H3N3O7/c1-15(2,17)13-9-5-7-11-14(16(3,4)18)12-8-6-10-13;10-6-4(8(13)14)1-3(7(11)12)2-5(6)9(15)16/h5-8,13-14H,9-12H2,1-4H3;1-2,10H/b7-5-,8-6-;. The van der Waals surface area contributed by atoms with E-state index < -0.39 is 37.6 Å². The van der Waals surface area contributed by atoms with Gasteiger partial charge in [-0.3, -0.25) is 30.3 Å². The molecule has 0 spiro atoms. The summed E-state index contributed by atoms with van der Waals surface area (Å²) in [4.78, 5) is 27.8. The Kier molecular flexibility index (Phi) is 9.75. The predicted molar refractivity (Wildman–Crippen MR) is 123 cm³/mol. The molecule has 14 heteroatoms. The van der Waals surface area contributed by atoms with Crippen molar-refractivity contribution in [3.8, 4) is 5.75 Å². The average Bonchev–Trinajstić information content (AvgIpc) is 2.70. The third kappa shape index (κ3) is 8.47. The second kappa shape index (κ2) is 11.6. The van der Waals surface area contributed by atoms with E-state index in [4.69, 9.17) is 5.11 Å². The molecule has 0 bridgehead atoms. The number of aromatic hydroxyl groups is 1. The molecule has 0 atom stereocenters. The molecule has 0 aromatic heterocycles. The number of hydrogen-bond acceptors (Lipinski definition) is 9. The van der Waals surface area contributed by atoms with Crippen LogP contribution in [0, 0.1) is 40.8 Å². The van der Waals surface area contributed by atoms with Crippen LogP contribution in [0.4, 0.5) is 17.1 Å². The number of phenolic OH excluding ortho intramolecular Hbond substituents is 1. The van der Waals surface area contributed by atoms with Gasteiger partial charge in [0.25, 0.3) is 11.4 Å². The normalized spacial score (nSPS) is 20.9. The Bertz CT molecular complexity index is 881. The van der Waals surface area contributed by atoms with Crippen LogP contribution < -0.4 is 0 Å². The van der Waals surface area contributed by atoms with E-state index in [0.717, 1.165) is 25.7 Å². The Morgan fingerprint density at radius 1 is 0.706 bits per heavy atom. The minimum atomic E-state index is -1.21. The quantitative estimate of drug-likeness (QED) is 0.281. The first kappa shape index (κ1) is 28.6. The number of quaternary nitrogens is 2. The monoisotopic (exact) mass is 483 g/mol. The van der Waals surface area contributed by atoms with Gasteiger partial charge in [0.05, 0.1) is 67.2 Å². The van der Waals surface area contributed by atoms with Crippen LogP contribution in [0.15, 0.2) is 36.4 Å². The zero-order valence-electron chi connectivity index (χ0n) is 19.4. The van der Waals surface area contributed by atoms with E-state index in [1.54, 1.807) is 28.2 Å². The van der Waals surface area contributed by atoms with Crippen molar-refractivity contribution in [3.63, 3.8) is 0 Å². The van der Waals surface area contributed by atoms with Crippen LogP contribution in [0.25, 0.3) is 0 Å². The van der Waals surface area contributed by atoms with E-state index in [-0.39, 0.29) is 21.4 Å². The third-order valence-corrected chi connectivity index (χ3v) is 5.38.